The van der Waals surface area contributed by atoms with Crippen LogP contribution in [0.1, 0.15) is 50.7 Å². The Bertz CT molecular complexity index is 1110. The number of esters is 2. The second-order valence-corrected chi connectivity index (χ2v) is 9.17. The molecule has 0 spiro atoms. The van der Waals surface area contributed by atoms with Gasteiger partial charge in [0.2, 0.25) is 6.79 Å². The molecule has 0 unspecified atom stereocenters. The zero-order valence-electron chi connectivity index (χ0n) is 22.7. The largest absolute Gasteiger partial charge is 0.493 e. The number of hydrogen-bond acceptors (Lipinski definition) is 9. The Hall–Kier alpha value is -3.73. The number of hydrogen-bond donors (Lipinski definition) is 1. The summed E-state index contributed by atoms with van der Waals surface area (Å²) in [6, 6.07) is 6.52. The SMILES string of the molecule is COc1ccnc(C(=O)N[C@@H](C)C(=O)O[C@@H](C)[C@H](Cc2ccc(F)cc2)C(C)(C)OC)c1OCOC(C)=O. The second kappa shape index (κ2) is 13.7. The van der Waals surface area contributed by atoms with Crippen molar-refractivity contribution in [3.8, 4) is 11.5 Å². The molecule has 0 aliphatic heterocycles. The van der Waals surface area contributed by atoms with E-state index in [-0.39, 0.29) is 28.9 Å². The molecule has 0 bridgehead atoms. The first-order chi connectivity index (χ1) is 17.9. The molecule has 0 saturated heterocycles. The lowest BCUT2D eigenvalue weighted by Gasteiger charge is -2.37. The molecule has 2 aromatic rings. The molecule has 1 amide bonds. The highest BCUT2D eigenvalue weighted by Gasteiger charge is 2.37. The Morgan fingerprint density at radius 2 is 1.74 bits per heavy atom. The molecule has 3 atom stereocenters. The molecule has 10 nitrogen and oxygen atoms in total. The summed E-state index contributed by atoms with van der Waals surface area (Å²) in [7, 11) is 2.94. The monoisotopic (exact) mass is 534 g/mol. The van der Waals surface area contributed by atoms with E-state index in [1.54, 1.807) is 26.2 Å². The molecule has 0 saturated carbocycles. The third-order valence-corrected chi connectivity index (χ3v) is 6.13. The van der Waals surface area contributed by atoms with Crippen LogP contribution in [0.5, 0.6) is 11.5 Å². The highest BCUT2D eigenvalue weighted by molar-refractivity contribution is 5.98. The molecule has 0 aliphatic carbocycles. The van der Waals surface area contributed by atoms with Crippen molar-refractivity contribution in [3.63, 3.8) is 0 Å². The lowest BCUT2D eigenvalue weighted by molar-refractivity contribution is -0.159. The fourth-order valence-electron chi connectivity index (χ4n) is 3.76. The van der Waals surface area contributed by atoms with Crippen molar-refractivity contribution < 1.29 is 42.5 Å². The maximum atomic E-state index is 13.4. The van der Waals surface area contributed by atoms with Crippen molar-refractivity contribution in [2.75, 3.05) is 21.0 Å². The van der Waals surface area contributed by atoms with Crippen LogP contribution in [0.3, 0.4) is 0 Å². The minimum absolute atomic E-state index is 0.0520. The van der Waals surface area contributed by atoms with Gasteiger partial charge in [0.25, 0.3) is 5.91 Å². The fraction of sp³-hybridized carbons (Fsp3) is 0.481. The predicted molar refractivity (Wildman–Crippen MR) is 135 cm³/mol. The van der Waals surface area contributed by atoms with Crippen LogP contribution in [0, 0.1) is 11.7 Å². The number of nitrogens with one attached hydrogen (secondary N) is 1. The summed E-state index contributed by atoms with van der Waals surface area (Å²) in [5.74, 6) is -2.46. The Balaban J connectivity index is 2.13. The van der Waals surface area contributed by atoms with Crippen LogP contribution in [-0.4, -0.2) is 61.6 Å². The molecule has 1 N–H and O–H groups in total. The lowest BCUT2D eigenvalue weighted by Crippen LogP contribution is -2.46. The standard InChI is InChI=1S/C27H35FN2O8/c1-16(30-25(32)23-24(37-15-36-18(3)31)22(34-6)12-13-29-23)26(33)38-17(2)21(27(4,5)35-7)14-19-8-10-20(28)11-9-19/h8-13,16-17,21H,14-15H2,1-7H3,(H,30,32)/t16-,17-,21-/m0/s1. The predicted octanol–water partition coefficient (Wildman–Crippen LogP) is 3.46. The molecule has 1 aromatic heterocycles. The number of pyridine rings is 1. The maximum Gasteiger partial charge on any atom is 0.328 e. The fourth-order valence-corrected chi connectivity index (χ4v) is 3.76. The van der Waals surface area contributed by atoms with Gasteiger partial charge >= 0.3 is 11.9 Å². The number of rotatable bonds is 13. The van der Waals surface area contributed by atoms with E-state index in [9.17, 15) is 18.8 Å². The summed E-state index contributed by atoms with van der Waals surface area (Å²) < 4.78 is 40.1. The van der Waals surface area contributed by atoms with E-state index in [1.165, 1.54) is 45.4 Å². The van der Waals surface area contributed by atoms with E-state index >= 15 is 0 Å². The Morgan fingerprint density at radius 1 is 1.08 bits per heavy atom. The van der Waals surface area contributed by atoms with Crippen molar-refractivity contribution in [1.82, 2.24) is 10.3 Å². The molecule has 0 aliphatic rings. The van der Waals surface area contributed by atoms with Crippen molar-refractivity contribution in [3.05, 3.63) is 53.6 Å². The number of benzene rings is 1. The molecule has 208 valence electrons. The second-order valence-electron chi connectivity index (χ2n) is 9.17. The van der Waals surface area contributed by atoms with Crippen molar-refractivity contribution in [1.29, 1.82) is 0 Å². The summed E-state index contributed by atoms with van der Waals surface area (Å²) in [5, 5.41) is 2.55. The zero-order chi connectivity index (χ0) is 28.5. The minimum atomic E-state index is -1.05. The number of nitrogens with zero attached hydrogens (tertiary/aromatic N) is 1. The van der Waals surface area contributed by atoms with Crippen LogP contribution in [0.15, 0.2) is 36.5 Å². The van der Waals surface area contributed by atoms with Crippen LogP contribution in [0.4, 0.5) is 4.39 Å². The van der Waals surface area contributed by atoms with Gasteiger partial charge in [-0.2, -0.15) is 0 Å². The molecule has 1 heterocycles. The summed E-state index contributed by atoms with van der Waals surface area (Å²) >= 11 is 0. The number of methoxy groups -OCH3 is 2. The molecule has 0 fully saturated rings. The Labute approximate surface area is 221 Å². The van der Waals surface area contributed by atoms with E-state index in [2.05, 4.69) is 10.3 Å². The van der Waals surface area contributed by atoms with E-state index in [0.717, 1.165) is 5.56 Å². The van der Waals surface area contributed by atoms with Gasteiger partial charge in [0, 0.05) is 32.2 Å². The normalized spacial score (nSPS) is 13.6. The van der Waals surface area contributed by atoms with Crippen molar-refractivity contribution in [2.24, 2.45) is 5.92 Å². The summed E-state index contributed by atoms with van der Waals surface area (Å²) in [4.78, 5) is 41.0. The first-order valence-electron chi connectivity index (χ1n) is 12.0. The number of aromatic nitrogens is 1. The summed E-state index contributed by atoms with van der Waals surface area (Å²) in [6.07, 6.45) is 1.19. The smallest absolute Gasteiger partial charge is 0.328 e. The highest BCUT2D eigenvalue weighted by Crippen LogP contribution is 2.31. The van der Waals surface area contributed by atoms with Gasteiger partial charge in [0.05, 0.1) is 12.7 Å². The van der Waals surface area contributed by atoms with Gasteiger partial charge in [0.15, 0.2) is 17.2 Å². The van der Waals surface area contributed by atoms with Crippen molar-refractivity contribution in [2.45, 2.75) is 58.8 Å². The first kappa shape index (κ1) is 30.5. The molecular formula is C27H35FN2O8. The van der Waals surface area contributed by atoms with Gasteiger partial charge in [-0.25, -0.2) is 14.2 Å². The highest BCUT2D eigenvalue weighted by atomic mass is 19.1. The van der Waals surface area contributed by atoms with Gasteiger partial charge in [0.1, 0.15) is 18.0 Å². The van der Waals surface area contributed by atoms with Crippen molar-refractivity contribution >= 4 is 17.8 Å². The number of amides is 1. The van der Waals surface area contributed by atoms with Gasteiger partial charge in [-0.05, 0) is 51.8 Å². The van der Waals surface area contributed by atoms with E-state index < -0.39 is 42.4 Å². The van der Waals surface area contributed by atoms with Crippen LogP contribution < -0.4 is 14.8 Å². The molecule has 38 heavy (non-hydrogen) atoms. The summed E-state index contributed by atoms with van der Waals surface area (Å²) in [6.45, 7) is 7.72. The van der Waals surface area contributed by atoms with Gasteiger partial charge in [-0.1, -0.05) is 12.1 Å². The van der Waals surface area contributed by atoms with Crippen LogP contribution in [0.25, 0.3) is 0 Å². The van der Waals surface area contributed by atoms with Crippen LogP contribution >= 0.6 is 0 Å². The van der Waals surface area contributed by atoms with E-state index in [1.807, 2.05) is 13.8 Å². The first-order valence-corrected chi connectivity index (χ1v) is 12.0. The molecule has 0 radical (unpaired) electrons. The maximum absolute atomic E-state index is 13.4. The number of carbonyl (C=O) groups excluding carboxylic acids is 3. The minimum Gasteiger partial charge on any atom is -0.493 e. The average Bonchev–Trinajstić information content (AvgIpc) is 2.87. The van der Waals surface area contributed by atoms with Gasteiger partial charge in [-0.3, -0.25) is 9.59 Å². The van der Waals surface area contributed by atoms with Crippen LogP contribution in [-0.2, 0) is 30.2 Å². The van der Waals surface area contributed by atoms with Crippen LogP contribution in [0.2, 0.25) is 0 Å². The zero-order valence-corrected chi connectivity index (χ0v) is 22.7. The lowest BCUT2D eigenvalue weighted by atomic mass is 9.81. The number of halogens is 1. The van der Waals surface area contributed by atoms with Gasteiger partial charge < -0.3 is 29.0 Å². The third kappa shape index (κ3) is 8.41. The Morgan fingerprint density at radius 3 is 2.32 bits per heavy atom. The third-order valence-electron chi connectivity index (χ3n) is 6.13. The average molecular weight is 535 g/mol. The topological polar surface area (TPSA) is 122 Å². The summed E-state index contributed by atoms with van der Waals surface area (Å²) in [5.41, 5.74) is 0.00858. The van der Waals surface area contributed by atoms with E-state index in [0.29, 0.717) is 6.42 Å². The van der Waals surface area contributed by atoms with Gasteiger partial charge in [-0.15, -0.1) is 0 Å². The Kier molecular flexibility index (Phi) is 11.0. The number of carbonyl (C=O) groups is 3. The number of ether oxygens (including phenoxy) is 5. The molecular weight excluding hydrogens is 499 g/mol. The van der Waals surface area contributed by atoms with E-state index in [4.69, 9.17) is 23.7 Å². The molecule has 11 heteroatoms. The molecule has 1 aromatic carbocycles. The quantitative estimate of drug-likeness (QED) is 0.304. The molecule has 2 rings (SSSR count).